The van der Waals surface area contributed by atoms with E-state index >= 15 is 0 Å². The average Bonchev–Trinajstić information content (AvgIpc) is 2.67. The Labute approximate surface area is 160 Å². The topological polar surface area (TPSA) is 43.9 Å². The quantitative estimate of drug-likeness (QED) is 0.818. The van der Waals surface area contributed by atoms with Gasteiger partial charge in [0.05, 0.1) is 0 Å². The van der Waals surface area contributed by atoms with Gasteiger partial charge < -0.3 is 14.7 Å². The van der Waals surface area contributed by atoms with Gasteiger partial charge in [0.2, 0.25) is 11.8 Å². The molecular formula is C21H28FN3O2. The van der Waals surface area contributed by atoms with E-state index in [2.05, 4.69) is 4.90 Å². The molecule has 1 saturated carbocycles. The number of carbonyl (C=O) groups excluding carboxylic acids is 2. The van der Waals surface area contributed by atoms with Crippen LogP contribution in [-0.4, -0.2) is 60.9 Å². The standard InChI is InChI=1S/C21H28FN3O2/c22-18-4-6-19(7-5-18)23-12-14-25(15-13-23)21(27)17-8-10-24(11-9-17)20(26)16-2-1-3-16/h4-7,16-17H,1-3,8-15H2. The number of halogens is 1. The number of hydrogen-bond donors (Lipinski definition) is 0. The minimum atomic E-state index is -0.227. The monoisotopic (exact) mass is 373 g/mol. The zero-order valence-corrected chi connectivity index (χ0v) is 15.8. The lowest BCUT2D eigenvalue weighted by molar-refractivity contribution is -0.144. The minimum Gasteiger partial charge on any atom is -0.368 e. The highest BCUT2D eigenvalue weighted by molar-refractivity contribution is 5.81. The van der Waals surface area contributed by atoms with Crippen LogP contribution in [0.15, 0.2) is 24.3 Å². The fourth-order valence-corrected chi connectivity index (χ4v) is 4.36. The van der Waals surface area contributed by atoms with Crippen molar-refractivity contribution in [2.24, 2.45) is 11.8 Å². The van der Waals surface area contributed by atoms with Gasteiger partial charge in [0.1, 0.15) is 5.82 Å². The van der Waals surface area contributed by atoms with E-state index < -0.39 is 0 Å². The Balaban J connectivity index is 1.25. The SMILES string of the molecule is O=C(C1CCC1)N1CCC(C(=O)N2CCN(c3ccc(F)cc3)CC2)CC1. The van der Waals surface area contributed by atoms with E-state index in [9.17, 15) is 14.0 Å². The zero-order chi connectivity index (χ0) is 18.8. The van der Waals surface area contributed by atoms with Crippen molar-refractivity contribution in [3.05, 3.63) is 30.1 Å². The molecular weight excluding hydrogens is 345 g/mol. The van der Waals surface area contributed by atoms with E-state index in [-0.39, 0.29) is 23.6 Å². The van der Waals surface area contributed by atoms with Crippen LogP contribution in [0.1, 0.15) is 32.1 Å². The molecule has 5 nitrogen and oxygen atoms in total. The summed E-state index contributed by atoms with van der Waals surface area (Å²) in [5.74, 6) is 0.615. The van der Waals surface area contributed by atoms with Gasteiger partial charge in [-0.15, -0.1) is 0 Å². The first-order valence-electron chi connectivity index (χ1n) is 10.2. The fraction of sp³-hybridized carbons (Fsp3) is 0.619. The summed E-state index contributed by atoms with van der Waals surface area (Å²) in [4.78, 5) is 31.4. The van der Waals surface area contributed by atoms with Crippen LogP contribution in [0.25, 0.3) is 0 Å². The third-order valence-corrected chi connectivity index (χ3v) is 6.39. The van der Waals surface area contributed by atoms with Crippen LogP contribution >= 0.6 is 0 Å². The maximum Gasteiger partial charge on any atom is 0.225 e. The highest BCUT2D eigenvalue weighted by Crippen LogP contribution is 2.30. The van der Waals surface area contributed by atoms with Gasteiger partial charge in [-0.2, -0.15) is 0 Å². The van der Waals surface area contributed by atoms with Crippen LogP contribution < -0.4 is 4.90 Å². The van der Waals surface area contributed by atoms with E-state index in [1.807, 2.05) is 9.80 Å². The van der Waals surface area contributed by atoms with Crippen molar-refractivity contribution in [2.75, 3.05) is 44.2 Å². The molecule has 3 fully saturated rings. The van der Waals surface area contributed by atoms with Crippen LogP contribution in [0.3, 0.4) is 0 Å². The third-order valence-electron chi connectivity index (χ3n) is 6.39. The summed E-state index contributed by atoms with van der Waals surface area (Å²) < 4.78 is 13.1. The summed E-state index contributed by atoms with van der Waals surface area (Å²) in [6, 6.07) is 6.54. The van der Waals surface area contributed by atoms with Crippen molar-refractivity contribution in [3.8, 4) is 0 Å². The Kier molecular flexibility index (Phi) is 5.32. The Morgan fingerprint density at radius 1 is 0.741 bits per heavy atom. The van der Waals surface area contributed by atoms with Gasteiger partial charge >= 0.3 is 0 Å². The van der Waals surface area contributed by atoms with Crippen molar-refractivity contribution >= 4 is 17.5 Å². The first-order chi connectivity index (χ1) is 13.1. The predicted molar refractivity (Wildman–Crippen MR) is 102 cm³/mol. The highest BCUT2D eigenvalue weighted by Gasteiger charge is 2.35. The number of rotatable bonds is 3. The van der Waals surface area contributed by atoms with Gasteiger partial charge in [-0.05, 0) is 49.9 Å². The molecule has 146 valence electrons. The molecule has 0 aromatic heterocycles. The molecule has 4 rings (SSSR count). The van der Waals surface area contributed by atoms with Crippen LogP contribution in [0, 0.1) is 17.7 Å². The van der Waals surface area contributed by atoms with Crippen LogP contribution in [0.2, 0.25) is 0 Å². The molecule has 2 aliphatic heterocycles. The third kappa shape index (κ3) is 3.94. The average molecular weight is 373 g/mol. The normalized spacial score (nSPS) is 21.9. The highest BCUT2D eigenvalue weighted by atomic mass is 19.1. The number of anilines is 1. The molecule has 0 spiro atoms. The van der Waals surface area contributed by atoms with Crippen molar-refractivity contribution in [1.82, 2.24) is 9.80 Å². The first kappa shape index (κ1) is 18.3. The number of nitrogens with zero attached hydrogens (tertiary/aromatic N) is 3. The molecule has 2 amide bonds. The predicted octanol–water partition coefficient (Wildman–Crippen LogP) is 2.51. The Morgan fingerprint density at radius 3 is 1.78 bits per heavy atom. The number of likely N-dealkylation sites (tertiary alicyclic amines) is 1. The second-order valence-electron chi connectivity index (χ2n) is 8.02. The maximum atomic E-state index is 13.1. The second-order valence-corrected chi connectivity index (χ2v) is 8.02. The number of piperidine rings is 1. The molecule has 0 bridgehead atoms. The van der Waals surface area contributed by atoms with E-state index in [1.165, 1.54) is 18.6 Å². The fourth-order valence-electron chi connectivity index (χ4n) is 4.36. The van der Waals surface area contributed by atoms with Crippen LogP contribution in [0.4, 0.5) is 10.1 Å². The van der Waals surface area contributed by atoms with Crippen molar-refractivity contribution in [1.29, 1.82) is 0 Å². The summed E-state index contributed by atoms with van der Waals surface area (Å²) >= 11 is 0. The summed E-state index contributed by atoms with van der Waals surface area (Å²) in [6.07, 6.45) is 4.83. The van der Waals surface area contributed by atoms with E-state index in [4.69, 9.17) is 0 Å². The molecule has 1 aliphatic carbocycles. The molecule has 3 aliphatic rings. The summed E-state index contributed by atoms with van der Waals surface area (Å²) in [5, 5.41) is 0. The number of carbonyl (C=O) groups is 2. The first-order valence-corrected chi connectivity index (χ1v) is 10.2. The molecule has 6 heteroatoms. The lowest BCUT2D eigenvalue weighted by Gasteiger charge is -2.40. The lowest BCUT2D eigenvalue weighted by atomic mass is 9.83. The molecule has 2 heterocycles. The maximum absolute atomic E-state index is 13.1. The summed E-state index contributed by atoms with van der Waals surface area (Å²) in [7, 11) is 0. The van der Waals surface area contributed by atoms with E-state index in [0.29, 0.717) is 19.0 Å². The second kappa shape index (κ2) is 7.87. The van der Waals surface area contributed by atoms with Gasteiger partial charge in [0.15, 0.2) is 0 Å². The minimum absolute atomic E-state index is 0.0489. The molecule has 0 atom stereocenters. The number of hydrogen-bond acceptors (Lipinski definition) is 3. The molecule has 0 unspecified atom stereocenters. The lowest BCUT2D eigenvalue weighted by Crippen LogP contribution is -2.52. The molecule has 0 N–H and O–H groups in total. The van der Waals surface area contributed by atoms with E-state index in [0.717, 1.165) is 57.5 Å². The Hall–Kier alpha value is -2.11. The zero-order valence-electron chi connectivity index (χ0n) is 15.8. The summed E-state index contributed by atoms with van der Waals surface area (Å²) in [6.45, 7) is 4.41. The van der Waals surface area contributed by atoms with Crippen LogP contribution in [-0.2, 0) is 9.59 Å². The van der Waals surface area contributed by atoms with Crippen molar-refractivity contribution < 1.29 is 14.0 Å². The Morgan fingerprint density at radius 2 is 1.26 bits per heavy atom. The summed E-state index contributed by atoms with van der Waals surface area (Å²) in [5.41, 5.74) is 1.01. The van der Waals surface area contributed by atoms with E-state index in [1.54, 1.807) is 12.1 Å². The molecule has 1 aromatic carbocycles. The van der Waals surface area contributed by atoms with Crippen molar-refractivity contribution in [2.45, 2.75) is 32.1 Å². The van der Waals surface area contributed by atoms with Gasteiger partial charge in [0, 0.05) is 56.8 Å². The van der Waals surface area contributed by atoms with Crippen molar-refractivity contribution in [3.63, 3.8) is 0 Å². The number of benzene rings is 1. The molecule has 2 saturated heterocycles. The smallest absolute Gasteiger partial charge is 0.225 e. The largest absolute Gasteiger partial charge is 0.368 e. The molecule has 27 heavy (non-hydrogen) atoms. The van der Waals surface area contributed by atoms with Gasteiger partial charge in [-0.3, -0.25) is 9.59 Å². The van der Waals surface area contributed by atoms with Gasteiger partial charge in [0.25, 0.3) is 0 Å². The van der Waals surface area contributed by atoms with Gasteiger partial charge in [-0.25, -0.2) is 4.39 Å². The number of amides is 2. The van der Waals surface area contributed by atoms with Crippen LogP contribution in [0.5, 0.6) is 0 Å². The molecule has 0 radical (unpaired) electrons. The number of piperazine rings is 1. The van der Waals surface area contributed by atoms with Gasteiger partial charge in [-0.1, -0.05) is 6.42 Å². The Bertz CT molecular complexity index is 673. The molecule has 1 aromatic rings.